The Morgan fingerprint density at radius 2 is 1.62 bits per heavy atom. The van der Waals surface area contributed by atoms with Crippen LogP contribution in [0.4, 0.5) is 0 Å². The van der Waals surface area contributed by atoms with Crippen LogP contribution in [-0.4, -0.2) is 48.7 Å². The van der Waals surface area contributed by atoms with E-state index < -0.39 is 10.0 Å². The van der Waals surface area contributed by atoms with E-state index in [1.54, 1.807) is 22.5 Å². The van der Waals surface area contributed by atoms with E-state index in [4.69, 9.17) is 0 Å². The Kier molecular flexibility index (Phi) is 5.72. The molecule has 0 spiro atoms. The van der Waals surface area contributed by atoms with Crippen LogP contribution in [-0.2, 0) is 10.0 Å². The van der Waals surface area contributed by atoms with Crippen molar-refractivity contribution in [2.75, 3.05) is 13.1 Å². The lowest BCUT2D eigenvalue weighted by molar-refractivity contribution is 0.0510. The number of sulfonamides is 1. The van der Waals surface area contributed by atoms with Crippen molar-refractivity contribution in [3.8, 4) is 0 Å². The number of carbonyl (C=O) groups excluding carboxylic acids is 1. The van der Waals surface area contributed by atoms with Gasteiger partial charge in [-0.15, -0.1) is 0 Å². The van der Waals surface area contributed by atoms with Gasteiger partial charge in [0, 0.05) is 30.7 Å². The summed E-state index contributed by atoms with van der Waals surface area (Å²) in [4.78, 5) is 15.4. The molecule has 2 heterocycles. The molecule has 144 valence electrons. The number of nitrogens with zero attached hydrogens (tertiary/aromatic N) is 2. The predicted molar refractivity (Wildman–Crippen MR) is 103 cm³/mol. The minimum absolute atomic E-state index is 0.0436. The number of benzene rings is 1. The molecule has 0 bridgehead atoms. The summed E-state index contributed by atoms with van der Waals surface area (Å²) in [6, 6.07) is 5.37. The molecule has 2 aliphatic rings. The number of hydrogen-bond donors (Lipinski definition) is 0. The fourth-order valence-corrected chi connectivity index (χ4v) is 5.75. The highest BCUT2D eigenvalue weighted by atomic mass is 32.2. The third-order valence-corrected chi connectivity index (χ3v) is 7.71. The van der Waals surface area contributed by atoms with E-state index in [2.05, 4.69) is 13.8 Å². The average Bonchev–Trinajstić information content (AvgIpc) is 2.62. The van der Waals surface area contributed by atoms with Gasteiger partial charge in [-0.3, -0.25) is 4.79 Å². The molecule has 2 aliphatic heterocycles. The topological polar surface area (TPSA) is 57.7 Å². The fraction of sp³-hybridized carbons (Fsp3) is 0.650. The van der Waals surface area contributed by atoms with Crippen LogP contribution in [0, 0.1) is 6.92 Å². The molecule has 0 aliphatic carbocycles. The summed E-state index contributed by atoms with van der Waals surface area (Å²) in [5, 5.41) is 0. The predicted octanol–water partition coefficient (Wildman–Crippen LogP) is 3.57. The lowest BCUT2D eigenvalue weighted by Crippen LogP contribution is -2.47. The normalized spacial score (nSPS) is 25.3. The van der Waals surface area contributed by atoms with Crippen molar-refractivity contribution in [2.24, 2.45) is 0 Å². The molecule has 3 rings (SSSR count). The van der Waals surface area contributed by atoms with E-state index >= 15 is 0 Å². The van der Waals surface area contributed by atoms with Crippen molar-refractivity contribution in [1.29, 1.82) is 0 Å². The van der Waals surface area contributed by atoms with Gasteiger partial charge >= 0.3 is 0 Å². The van der Waals surface area contributed by atoms with Crippen LogP contribution in [0.5, 0.6) is 0 Å². The smallest absolute Gasteiger partial charge is 0.254 e. The number of piperidine rings is 2. The molecule has 6 heteroatoms. The van der Waals surface area contributed by atoms with E-state index in [-0.39, 0.29) is 22.9 Å². The van der Waals surface area contributed by atoms with Crippen molar-refractivity contribution in [2.45, 2.75) is 76.3 Å². The second kappa shape index (κ2) is 7.69. The van der Waals surface area contributed by atoms with Gasteiger partial charge in [-0.2, -0.15) is 4.31 Å². The lowest BCUT2D eigenvalue weighted by Gasteiger charge is -2.39. The summed E-state index contributed by atoms with van der Waals surface area (Å²) in [5.74, 6) is -0.0436. The molecule has 0 saturated carbocycles. The summed E-state index contributed by atoms with van der Waals surface area (Å²) in [6.45, 7) is 7.18. The molecule has 0 unspecified atom stereocenters. The first kappa shape index (κ1) is 19.4. The molecule has 2 saturated heterocycles. The number of rotatable bonds is 3. The highest BCUT2D eigenvalue weighted by molar-refractivity contribution is 7.89. The Morgan fingerprint density at radius 1 is 1.00 bits per heavy atom. The molecule has 0 aromatic heterocycles. The molecule has 0 N–H and O–H groups in total. The molecule has 1 aromatic carbocycles. The highest BCUT2D eigenvalue weighted by Gasteiger charge is 2.32. The van der Waals surface area contributed by atoms with Crippen molar-refractivity contribution in [3.63, 3.8) is 0 Å². The zero-order valence-electron chi connectivity index (χ0n) is 16.1. The van der Waals surface area contributed by atoms with Crippen molar-refractivity contribution >= 4 is 15.9 Å². The molecule has 1 amide bonds. The summed E-state index contributed by atoms with van der Waals surface area (Å²) in [6.07, 6.45) is 6.02. The van der Waals surface area contributed by atoms with Gasteiger partial charge in [0.15, 0.2) is 0 Å². The van der Waals surface area contributed by atoms with E-state index in [1.165, 1.54) is 0 Å². The van der Waals surface area contributed by atoms with E-state index in [0.717, 1.165) is 44.1 Å². The summed E-state index contributed by atoms with van der Waals surface area (Å²) in [5.41, 5.74) is 1.35. The Morgan fingerprint density at radius 3 is 2.23 bits per heavy atom. The number of likely N-dealkylation sites (tertiary alicyclic amines) is 1. The molecular weight excluding hydrogens is 348 g/mol. The molecular formula is C20H30N2O3S. The Hall–Kier alpha value is -1.40. The van der Waals surface area contributed by atoms with Gasteiger partial charge < -0.3 is 4.90 Å². The van der Waals surface area contributed by atoms with Crippen LogP contribution < -0.4 is 0 Å². The van der Waals surface area contributed by atoms with Crippen LogP contribution in [0.25, 0.3) is 0 Å². The van der Waals surface area contributed by atoms with Gasteiger partial charge in [-0.05, 0) is 70.6 Å². The largest absolute Gasteiger partial charge is 0.333 e. The second-order valence-electron chi connectivity index (χ2n) is 7.78. The SMILES string of the molecule is Cc1ccc(S(=O)(=O)N2CCCCC2)cc1C(=O)N1[C@@H](C)CCC[C@@H]1C. The first-order chi connectivity index (χ1) is 12.3. The quantitative estimate of drug-likeness (QED) is 0.808. The fourth-order valence-electron chi connectivity index (χ4n) is 4.21. The molecule has 2 atom stereocenters. The van der Waals surface area contributed by atoms with E-state index in [1.807, 2.05) is 11.8 Å². The number of amides is 1. The van der Waals surface area contributed by atoms with Crippen LogP contribution in [0.2, 0.25) is 0 Å². The van der Waals surface area contributed by atoms with Gasteiger partial charge in [0.05, 0.1) is 4.90 Å². The van der Waals surface area contributed by atoms with Gasteiger partial charge in [0.2, 0.25) is 10.0 Å². The minimum Gasteiger partial charge on any atom is -0.333 e. The second-order valence-corrected chi connectivity index (χ2v) is 9.72. The third-order valence-electron chi connectivity index (χ3n) is 5.82. The number of aryl methyl sites for hydroxylation is 1. The third kappa shape index (κ3) is 3.67. The molecule has 5 nitrogen and oxygen atoms in total. The monoisotopic (exact) mass is 378 g/mol. The van der Waals surface area contributed by atoms with Crippen LogP contribution in [0.15, 0.2) is 23.1 Å². The zero-order valence-corrected chi connectivity index (χ0v) is 16.9. The Balaban J connectivity index is 1.93. The van der Waals surface area contributed by atoms with Crippen molar-refractivity contribution < 1.29 is 13.2 Å². The first-order valence-electron chi connectivity index (χ1n) is 9.76. The Bertz CT molecular complexity index is 759. The lowest BCUT2D eigenvalue weighted by atomic mass is 9.95. The van der Waals surface area contributed by atoms with E-state index in [9.17, 15) is 13.2 Å². The van der Waals surface area contributed by atoms with E-state index in [0.29, 0.717) is 18.7 Å². The molecule has 2 fully saturated rings. The van der Waals surface area contributed by atoms with Crippen LogP contribution in [0.3, 0.4) is 0 Å². The minimum atomic E-state index is -3.53. The molecule has 1 aromatic rings. The van der Waals surface area contributed by atoms with Gasteiger partial charge in [-0.1, -0.05) is 12.5 Å². The summed E-state index contributed by atoms with van der Waals surface area (Å²) >= 11 is 0. The highest BCUT2D eigenvalue weighted by Crippen LogP contribution is 2.28. The molecule has 0 radical (unpaired) electrons. The van der Waals surface area contributed by atoms with Crippen molar-refractivity contribution in [1.82, 2.24) is 9.21 Å². The van der Waals surface area contributed by atoms with Gasteiger partial charge in [0.25, 0.3) is 5.91 Å². The average molecular weight is 379 g/mol. The number of hydrogen-bond acceptors (Lipinski definition) is 3. The maximum Gasteiger partial charge on any atom is 0.254 e. The molecule has 26 heavy (non-hydrogen) atoms. The van der Waals surface area contributed by atoms with Crippen LogP contribution >= 0.6 is 0 Å². The Labute approximate surface area is 157 Å². The van der Waals surface area contributed by atoms with Gasteiger partial charge in [-0.25, -0.2) is 8.42 Å². The van der Waals surface area contributed by atoms with Crippen LogP contribution in [0.1, 0.15) is 68.3 Å². The zero-order chi connectivity index (χ0) is 18.9. The standard InChI is InChI=1S/C20H30N2O3S/c1-15-10-11-18(26(24,25)21-12-5-4-6-13-21)14-19(15)20(23)22-16(2)8-7-9-17(22)3/h10-11,14,16-17H,4-9,12-13H2,1-3H3/t16-,17-/m0/s1. The first-order valence-corrected chi connectivity index (χ1v) is 11.2. The number of carbonyl (C=O) groups is 1. The van der Waals surface area contributed by atoms with Crippen molar-refractivity contribution in [3.05, 3.63) is 29.3 Å². The summed E-state index contributed by atoms with van der Waals surface area (Å²) < 4.78 is 27.5. The van der Waals surface area contributed by atoms with Gasteiger partial charge in [0.1, 0.15) is 0 Å². The maximum absolute atomic E-state index is 13.2. The maximum atomic E-state index is 13.2. The summed E-state index contributed by atoms with van der Waals surface area (Å²) in [7, 11) is -3.53.